The number of benzene rings is 1. The van der Waals surface area contributed by atoms with Crippen LogP contribution in [-0.2, 0) is 0 Å². The third-order valence-corrected chi connectivity index (χ3v) is 5.47. The summed E-state index contributed by atoms with van der Waals surface area (Å²) in [5.41, 5.74) is 1.05. The summed E-state index contributed by atoms with van der Waals surface area (Å²) < 4.78 is 42.0. The summed E-state index contributed by atoms with van der Waals surface area (Å²) in [4.78, 5) is 11.2. The van der Waals surface area contributed by atoms with Gasteiger partial charge in [0, 0.05) is 24.7 Å². The van der Waals surface area contributed by atoms with Crippen LogP contribution in [0.5, 0.6) is 5.75 Å². The van der Waals surface area contributed by atoms with E-state index in [0.29, 0.717) is 35.5 Å². The van der Waals surface area contributed by atoms with Crippen molar-refractivity contribution in [2.75, 3.05) is 57.5 Å². The molecule has 0 saturated carbocycles. The molecule has 1 aromatic heterocycles. The second kappa shape index (κ2) is 12.0. The van der Waals surface area contributed by atoms with E-state index in [1.807, 2.05) is 14.1 Å². The highest BCUT2D eigenvalue weighted by Crippen LogP contribution is 2.28. The van der Waals surface area contributed by atoms with Gasteiger partial charge in [-0.15, -0.1) is 13.2 Å². The van der Waals surface area contributed by atoms with E-state index in [2.05, 4.69) is 35.6 Å². The molecule has 2 aromatic rings. The predicted molar refractivity (Wildman–Crippen MR) is 125 cm³/mol. The predicted octanol–water partition coefficient (Wildman–Crippen LogP) is 4.21. The zero-order chi connectivity index (χ0) is 23.7. The van der Waals surface area contributed by atoms with Crippen LogP contribution in [0.2, 0.25) is 0 Å². The van der Waals surface area contributed by atoms with Crippen molar-refractivity contribution in [2.45, 2.75) is 32.0 Å². The number of halogens is 3. The molecule has 1 aliphatic heterocycles. The fourth-order valence-electron chi connectivity index (χ4n) is 3.79. The van der Waals surface area contributed by atoms with Crippen LogP contribution >= 0.6 is 0 Å². The lowest BCUT2D eigenvalue weighted by atomic mass is 9.95. The summed E-state index contributed by atoms with van der Waals surface area (Å²) >= 11 is 0. The van der Waals surface area contributed by atoms with E-state index < -0.39 is 6.36 Å². The standard InChI is InChI=1S/C23H33F3N6O/c1-32(2)14-4-10-29-22-30-20(18-5-3-6-19(15-18)33-23(24,25)26)16-21(31-22)28-13-9-17-7-11-27-12-8-17/h3,5-6,15-17,27H,4,7-14H2,1-2H3,(H2,28,29,30,31). The van der Waals surface area contributed by atoms with E-state index in [4.69, 9.17) is 0 Å². The Balaban J connectivity index is 1.73. The molecule has 1 aromatic carbocycles. The van der Waals surface area contributed by atoms with Gasteiger partial charge in [-0.1, -0.05) is 12.1 Å². The van der Waals surface area contributed by atoms with Crippen LogP contribution < -0.4 is 20.7 Å². The molecule has 10 heteroatoms. The smallest absolute Gasteiger partial charge is 0.406 e. The molecule has 0 spiro atoms. The first-order valence-electron chi connectivity index (χ1n) is 11.4. The number of ether oxygens (including phenoxy) is 1. The maximum atomic E-state index is 12.7. The Morgan fingerprint density at radius 3 is 2.61 bits per heavy atom. The highest BCUT2D eigenvalue weighted by molar-refractivity contribution is 5.65. The highest BCUT2D eigenvalue weighted by Gasteiger charge is 2.31. The summed E-state index contributed by atoms with van der Waals surface area (Å²) in [5, 5.41) is 9.98. The summed E-state index contributed by atoms with van der Waals surface area (Å²) in [5.74, 6) is 1.49. The fraction of sp³-hybridized carbons (Fsp3) is 0.565. The van der Waals surface area contributed by atoms with Crippen LogP contribution in [0.1, 0.15) is 25.7 Å². The van der Waals surface area contributed by atoms with Gasteiger partial charge in [-0.05, 0) is 77.5 Å². The quantitative estimate of drug-likeness (QED) is 0.429. The third kappa shape index (κ3) is 9.05. The Hall–Kier alpha value is -2.59. The molecular formula is C23H33F3N6O. The average Bonchev–Trinajstić information content (AvgIpc) is 2.76. The summed E-state index contributed by atoms with van der Waals surface area (Å²) in [6, 6.07) is 7.61. The van der Waals surface area contributed by atoms with Crippen molar-refractivity contribution in [3.63, 3.8) is 0 Å². The summed E-state index contributed by atoms with van der Waals surface area (Å²) in [7, 11) is 4.02. The topological polar surface area (TPSA) is 74.3 Å². The van der Waals surface area contributed by atoms with Gasteiger partial charge in [0.25, 0.3) is 0 Å². The number of alkyl halides is 3. The Kier molecular flexibility index (Phi) is 9.13. The second-order valence-corrected chi connectivity index (χ2v) is 8.53. The van der Waals surface area contributed by atoms with Gasteiger partial charge in [0.15, 0.2) is 0 Å². The van der Waals surface area contributed by atoms with Crippen molar-refractivity contribution < 1.29 is 17.9 Å². The van der Waals surface area contributed by atoms with Gasteiger partial charge >= 0.3 is 6.36 Å². The number of aromatic nitrogens is 2. The van der Waals surface area contributed by atoms with Crippen molar-refractivity contribution in [3.8, 4) is 17.0 Å². The summed E-state index contributed by atoms with van der Waals surface area (Å²) in [6.45, 7) is 4.50. The lowest BCUT2D eigenvalue weighted by Gasteiger charge is -2.22. The molecule has 3 N–H and O–H groups in total. The zero-order valence-electron chi connectivity index (χ0n) is 19.2. The number of hydrogen-bond acceptors (Lipinski definition) is 7. The number of anilines is 2. The lowest BCUT2D eigenvalue weighted by molar-refractivity contribution is -0.274. The third-order valence-electron chi connectivity index (χ3n) is 5.47. The number of hydrogen-bond donors (Lipinski definition) is 3. The monoisotopic (exact) mass is 466 g/mol. The van der Waals surface area contributed by atoms with Crippen molar-refractivity contribution >= 4 is 11.8 Å². The molecule has 0 radical (unpaired) electrons. The minimum Gasteiger partial charge on any atom is -0.406 e. The molecule has 1 saturated heterocycles. The van der Waals surface area contributed by atoms with Crippen LogP contribution in [0.3, 0.4) is 0 Å². The van der Waals surface area contributed by atoms with E-state index in [1.54, 1.807) is 12.1 Å². The number of piperidine rings is 1. The molecule has 2 heterocycles. The molecule has 182 valence electrons. The molecule has 3 rings (SSSR count). The molecule has 0 atom stereocenters. The van der Waals surface area contributed by atoms with Gasteiger partial charge in [-0.25, -0.2) is 4.98 Å². The largest absolute Gasteiger partial charge is 0.573 e. The maximum Gasteiger partial charge on any atom is 0.573 e. The van der Waals surface area contributed by atoms with Crippen LogP contribution in [0.15, 0.2) is 30.3 Å². The lowest BCUT2D eigenvalue weighted by Crippen LogP contribution is -2.28. The van der Waals surface area contributed by atoms with E-state index >= 15 is 0 Å². The van der Waals surface area contributed by atoms with Gasteiger partial charge in [0.1, 0.15) is 11.6 Å². The van der Waals surface area contributed by atoms with E-state index in [1.165, 1.54) is 31.0 Å². The zero-order valence-corrected chi connectivity index (χ0v) is 19.2. The van der Waals surface area contributed by atoms with Crippen molar-refractivity contribution in [2.24, 2.45) is 5.92 Å². The molecule has 0 unspecified atom stereocenters. The van der Waals surface area contributed by atoms with Crippen LogP contribution in [0.4, 0.5) is 24.9 Å². The Labute approximate surface area is 193 Å². The molecule has 7 nitrogen and oxygen atoms in total. The molecule has 1 aliphatic rings. The highest BCUT2D eigenvalue weighted by atomic mass is 19.4. The van der Waals surface area contributed by atoms with E-state index in [-0.39, 0.29) is 5.75 Å². The Bertz CT molecular complexity index is 872. The molecule has 1 fully saturated rings. The van der Waals surface area contributed by atoms with E-state index in [9.17, 15) is 13.2 Å². The first-order valence-corrected chi connectivity index (χ1v) is 11.4. The van der Waals surface area contributed by atoms with Gasteiger partial charge in [0.05, 0.1) is 5.69 Å². The van der Waals surface area contributed by atoms with Crippen LogP contribution in [-0.4, -0.2) is 68.0 Å². The molecule has 33 heavy (non-hydrogen) atoms. The van der Waals surface area contributed by atoms with Crippen molar-refractivity contribution in [3.05, 3.63) is 30.3 Å². The maximum absolute atomic E-state index is 12.7. The fourth-order valence-corrected chi connectivity index (χ4v) is 3.79. The second-order valence-electron chi connectivity index (χ2n) is 8.53. The first-order chi connectivity index (χ1) is 15.8. The van der Waals surface area contributed by atoms with Crippen molar-refractivity contribution in [1.82, 2.24) is 20.2 Å². The molecule has 0 bridgehead atoms. The van der Waals surface area contributed by atoms with Gasteiger partial charge in [-0.2, -0.15) is 4.98 Å². The first kappa shape index (κ1) is 25.0. The Morgan fingerprint density at radius 2 is 1.88 bits per heavy atom. The van der Waals surface area contributed by atoms with Gasteiger partial charge < -0.3 is 25.6 Å². The van der Waals surface area contributed by atoms with E-state index in [0.717, 1.165) is 39.0 Å². The minimum atomic E-state index is -4.75. The van der Waals surface area contributed by atoms with Gasteiger partial charge in [-0.3, -0.25) is 0 Å². The minimum absolute atomic E-state index is 0.278. The SMILES string of the molecule is CN(C)CCCNc1nc(NCCC2CCNCC2)cc(-c2cccc(OC(F)(F)F)c2)n1. The molecule has 0 amide bonds. The number of nitrogens with zero attached hydrogens (tertiary/aromatic N) is 3. The van der Waals surface area contributed by atoms with Crippen LogP contribution in [0, 0.1) is 5.92 Å². The summed E-state index contributed by atoms with van der Waals surface area (Å²) in [6.07, 6.45) is -0.455. The number of rotatable bonds is 11. The van der Waals surface area contributed by atoms with Gasteiger partial charge in [0.2, 0.25) is 5.95 Å². The van der Waals surface area contributed by atoms with Crippen molar-refractivity contribution in [1.29, 1.82) is 0 Å². The molecular weight excluding hydrogens is 433 g/mol. The number of nitrogens with one attached hydrogen (secondary N) is 3. The molecule has 0 aliphatic carbocycles. The normalized spacial score (nSPS) is 15.0. The van der Waals surface area contributed by atoms with Crippen LogP contribution in [0.25, 0.3) is 11.3 Å². The average molecular weight is 467 g/mol. The Morgan fingerprint density at radius 1 is 1.09 bits per heavy atom.